The molecule has 3 aliphatic heterocycles. The fourth-order valence-corrected chi connectivity index (χ4v) is 6.19. The van der Waals surface area contributed by atoms with Gasteiger partial charge in [-0.15, -0.1) is 0 Å². The lowest BCUT2D eigenvalue weighted by Gasteiger charge is -2.50. The molecular formula is C27H41N3O8Si. The molecule has 0 bridgehead atoms. The first-order valence-electron chi connectivity index (χ1n) is 13.3. The van der Waals surface area contributed by atoms with Crippen LogP contribution in [0.4, 0.5) is 9.59 Å². The third kappa shape index (κ3) is 6.38. The molecule has 3 rings (SSSR count). The summed E-state index contributed by atoms with van der Waals surface area (Å²) in [5, 5.41) is 10.2. The van der Waals surface area contributed by atoms with E-state index in [2.05, 4.69) is 47.0 Å². The molecule has 1 N–H and O–H groups in total. The van der Waals surface area contributed by atoms with Gasteiger partial charge in [0.05, 0.1) is 18.0 Å². The Labute approximate surface area is 231 Å². The molecule has 12 heteroatoms. The Kier molecular flexibility index (Phi) is 9.65. The molecule has 11 nitrogen and oxygen atoms in total. The number of carbonyl (C=O) groups excluding carboxylic acids is 3. The van der Waals surface area contributed by atoms with Crippen molar-refractivity contribution in [2.24, 2.45) is 17.3 Å². The van der Waals surface area contributed by atoms with Gasteiger partial charge in [0.15, 0.2) is 9.04 Å². The Morgan fingerprint density at radius 3 is 2.26 bits per heavy atom. The molecule has 0 aromatic carbocycles. The first kappa shape index (κ1) is 30.4. The van der Waals surface area contributed by atoms with Gasteiger partial charge in [-0.3, -0.25) is 9.69 Å². The van der Waals surface area contributed by atoms with Crippen LogP contribution in [0.3, 0.4) is 0 Å². The quantitative estimate of drug-likeness (QED) is 0.244. The number of fused-ring (bicyclic) bond motifs is 1. The van der Waals surface area contributed by atoms with Gasteiger partial charge in [-0.1, -0.05) is 46.1 Å². The molecule has 39 heavy (non-hydrogen) atoms. The van der Waals surface area contributed by atoms with E-state index in [9.17, 15) is 24.3 Å². The van der Waals surface area contributed by atoms with Gasteiger partial charge in [0.1, 0.15) is 18.9 Å². The number of nitrogens with zero attached hydrogens (tertiary/aromatic N) is 3. The highest BCUT2D eigenvalue weighted by atomic mass is 28.3. The fraction of sp³-hybridized carbons (Fsp3) is 0.630. The summed E-state index contributed by atoms with van der Waals surface area (Å²) in [5.74, 6) is -2.02. The zero-order valence-corrected chi connectivity index (χ0v) is 24.7. The minimum Gasteiger partial charge on any atom is -0.477 e. The summed E-state index contributed by atoms with van der Waals surface area (Å²) in [6.45, 7) is 18.2. The number of aliphatic carboxylic acids is 1. The van der Waals surface area contributed by atoms with Gasteiger partial charge in [-0.2, -0.15) is 0 Å². The largest absolute Gasteiger partial charge is 0.477 e. The van der Waals surface area contributed by atoms with E-state index >= 15 is 0 Å². The average molecular weight is 564 g/mol. The second-order valence-electron chi connectivity index (χ2n) is 11.4. The van der Waals surface area contributed by atoms with Gasteiger partial charge < -0.3 is 28.8 Å². The molecule has 2 saturated heterocycles. The first-order valence-corrected chi connectivity index (χ1v) is 16.1. The summed E-state index contributed by atoms with van der Waals surface area (Å²) in [6.07, 6.45) is 1.94. The number of hydrogen-bond donors (Lipinski definition) is 1. The summed E-state index contributed by atoms with van der Waals surface area (Å²) in [4.78, 5) is 56.0. The molecular weight excluding hydrogens is 522 g/mol. The maximum Gasteiger partial charge on any atom is 0.410 e. The van der Waals surface area contributed by atoms with Crippen LogP contribution < -0.4 is 0 Å². The molecule has 3 amide bonds. The highest BCUT2D eigenvalue weighted by molar-refractivity contribution is 6.48. The van der Waals surface area contributed by atoms with E-state index in [0.29, 0.717) is 12.2 Å². The van der Waals surface area contributed by atoms with Crippen molar-refractivity contribution in [1.29, 1.82) is 0 Å². The Morgan fingerprint density at radius 2 is 1.72 bits per heavy atom. The highest BCUT2D eigenvalue weighted by Gasteiger charge is 2.60. The Balaban J connectivity index is 1.96. The average Bonchev–Trinajstić information content (AvgIpc) is 3.22. The number of rotatable bonds is 10. The smallest absolute Gasteiger partial charge is 0.410 e. The van der Waals surface area contributed by atoms with Crippen LogP contribution in [-0.4, -0.2) is 104 Å². The van der Waals surface area contributed by atoms with Crippen LogP contribution in [0.15, 0.2) is 36.6 Å². The summed E-state index contributed by atoms with van der Waals surface area (Å²) in [6, 6.07) is -1.17. The van der Waals surface area contributed by atoms with Crippen LogP contribution >= 0.6 is 0 Å². The topological polar surface area (TPSA) is 126 Å². The Hall–Kier alpha value is -3.12. The van der Waals surface area contributed by atoms with E-state index in [1.807, 2.05) is 0 Å². The molecule has 216 valence electrons. The fourth-order valence-electron chi connectivity index (χ4n) is 5.60. The predicted octanol–water partition coefficient (Wildman–Crippen LogP) is 2.85. The molecule has 0 aromatic heterocycles. The van der Waals surface area contributed by atoms with Gasteiger partial charge in [0.25, 0.3) is 0 Å². The molecule has 0 saturated carbocycles. The molecule has 0 aromatic rings. The van der Waals surface area contributed by atoms with Gasteiger partial charge in [0.2, 0.25) is 5.91 Å². The van der Waals surface area contributed by atoms with E-state index in [0.717, 1.165) is 0 Å². The molecule has 3 aliphatic rings. The van der Waals surface area contributed by atoms with Crippen LogP contribution in [0.5, 0.6) is 0 Å². The third-order valence-electron chi connectivity index (χ3n) is 7.53. The Bertz CT molecular complexity index is 1040. The van der Waals surface area contributed by atoms with Crippen LogP contribution in [0, 0.1) is 17.3 Å². The number of carboxylic acid groups (broad SMARTS) is 1. The lowest BCUT2D eigenvalue weighted by Crippen LogP contribution is -2.63. The van der Waals surface area contributed by atoms with Crippen LogP contribution in [0.1, 0.15) is 27.2 Å². The molecule has 2 fully saturated rings. The number of hydrogen-bond acceptors (Lipinski definition) is 7. The van der Waals surface area contributed by atoms with Crippen LogP contribution in [-0.2, 0) is 23.5 Å². The van der Waals surface area contributed by atoms with Crippen molar-refractivity contribution < 1.29 is 38.2 Å². The molecule has 0 spiro atoms. The van der Waals surface area contributed by atoms with Crippen molar-refractivity contribution >= 4 is 33.1 Å². The lowest BCUT2D eigenvalue weighted by atomic mass is 9.66. The van der Waals surface area contributed by atoms with E-state index in [1.54, 1.807) is 0 Å². The Morgan fingerprint density at radius 1 is 1.10 bits per heavy atom. The number of amides is 3. The summed E-state index contributed by atoms with van der Waals surface area (Å²) in [5.41, 5.74) is 0.0478. The second-order valence-corrected chi connectivity index (χ2v) is 13.9. The minimum atomic E-state index is -1.35. The van der Waals surface area contributed by atoms with Crippen molar-refractivity contribution in [1.82, 2.24) is 14.7 Å². The van der Waals surface area contributed by atoms with Crippen molar-refractivity contribution in [3.8, 4) is 0 Å². The predicted molar refractivity (Wildman–Crippen MR) is 146 cm³/mol. The van der Waals surface area contributed by atoms with Gasteiger partial charge in [-0.25, -0.2) is 14.4 Å². The zero-order chi connectivity index (χ0) is 29.1. The third-order valence-corrected chi connectivity index (χ3v) is 8.38. The first-order chi connectivity index (χ1) is 18.3. The number of carbonyl (C=O) groups is 4. The summed E-state index contributed by atoms with van der Waals surface area (Å²) < 4.78 is 16.5. The van der Waals surface area contributed by atoms with E-state index in [4.69, 9.17) is 13.9 Å². The number of β-lactam (4-membered cyclic amide) rings is 1. The van der Waals surface area contributed by atoms with Crippen molar-refractivity contribution in [3.05, 3.63) is 36.6 Å². The standard InChI is InChI=1S/C27H41N3O8Si/c1-8-12-36-25(34)28-10-11-29(26(35)37-13-9-2)20(15-28)17-14-19-21(23(31)30(19)22(17)24(32)33)18(27(3,4)5)16-38-39(6)7/h8-9,18-21,39H,1-2,10-16H2,3-7H3,(H,32,33)/t18-,19-,20?,21+/m1/s1. The molecule has 3 heterocycles. The summed E-state index contributed by atoms with van der Waals surface area (Å²) in [7, 11) is -1.35. The highest BCUT2D eigenvalue weighted by Crippen LogP contribution is 2.50. The SMILES string of the molecule is C=CCOC(=O)N1CCN(C(=O)OCC=C)C(C2=C(C(=O)O)N3C(=O)[C@@H]([C@@H](CO[SiH](C)C)C(C)(C)C)[C@H]3C2)C1. The molecule has 1 unspecified atom stereocenters. The van der Waals surface area contributed by atoms with Crippen molar-refractivity contribution in [2.45, 2.75) is 52.4 Å². The normalized spacial score (nSPS) is 23.8. The van der Waals surface area contributed by atoms with E-state index in [1.165, 1.54) is 26.9 Å². The zero-order valence-electron chi connectivity index (χ0n) is 23.6. The van der Waals surface area contributed by atoms with Gasteiger partial charge in [-0.05, 0) is 36.4 Å². The molecule has 4 atom stereocenters. The second kappa shape index (κ2) is 12.4. The maximum atomic E-state index is 13.5. The van der Waals surface area contributed by atoms with Crippen molar-refractivity contribution in [2.75, 3.05) is 39.5 Å². The minimum absolute atomic E-state index is 0.00938. The van der Waals surface area contributed by atoms with Gasteiger partial charge >= 0.3 is 18.2 Å². The monoisotopic (exact) mass is 563 g/mol. The number of piperazine rings is 1. The number of carboxylic acids is 1. The molecule has 0 radical (unpaired) electrons. The maximum absolute atomic E-state index is 13.5. The number of ether oxygens (including phenoxy) is 2. The van der Waals surface area contributed by atoms with Crippen molar-refractivity contribution in [3.63, 3.8) is 0 Å². The van der Waals surface area contributed by atoms with Crippen LogP contribution in [0.25, 0.3) is 0 Å². The van der Waals surface area contributed by atoms with Crippen LogP contribution in [0.2, 0.25) is 13.1 Å². The molecule has 0 aliphatic carbocycles. The lowest BCUT2D eigenvalue weighted by molar-refractivity contribution is -0.162. The van der Waals surface area contributed by atoms with E-state index < -0.39 is 39.2 Å². The van der Waals surface area contributed by atoms with E-state index in [-0.39, 0.29) is 68.2 Å². The van der Waals surface area contributed by atoms with Gasteiger partial charge in [0, 0.05) is 26.2 Å². The summed E-state index contributed by atoms with van der Waals surface area (Å²) >= 11 is 0.